The van der Waals surface area contributed by atoms with Gasteiger partial charge in [0, 0.05) is 30.7 Å². The maximum Gasteiger partial charge on any atom is 0.274 e. The van der Waals surface area contributed by atoms with Crippen molar-refractivity contribution in [3.63, 3.8) is 0 Å². The molecular formula is C22H29N3O. The van der Waals surface area contributed by atoms with Gasteiger partial charge in [-0.2, -0.15) is 0 Å². The second-order valence-corrected chi connectivity index (χ2v) is 7.74. The van der Waals surface area contributed by atoms with Crippen LogP contribution < -0.4 is 10.2 Å². The molecule has 1 atom stereocenters. The lowest BCUT2D eigenvalue weighted by atomic mass is 9.98. The van der Waals surface area contributed by atoms with Crippen LogP contribution in [0.15, 0.2) is 36.5 Å². The van der Waals surface area contributed by atoms with Gasteiger partial charge in [-0.1, -0.05) is 39.0 Å². The molecule has 2 aromatic rings. The molecule has 0 radical (unpaired) electrons. The standard InChI is InChI=1S/C22H29N3O/c1-15(2)19-9-5-8-17(4)21(19)24-22(26)20-13-18(10-11-23-20)25-12-6-7-16(3)14-25/h5,8-11,13,15-16H,6-7,12,14H2,1-4H3,(H,24,26). The van der Waals surface area contributed by atoms with Crippen molar-refractivity contribution in [2.75, 3.05) is 23.3 Å². The molecule has 1 amide bonds. The van der Waals surface area contributed by atoms with Crippen molar-refractivity contribution >= 4 is 17.3 Å². The molecule has 0 spiro atoms. The fourth-order valence-electron chi connectivity index (χ4n) is 3.68. The van der Waals surface area contributed by atoms with Gasteiger partial charge in [0.25, 0.3) is 5.91 Å². The predicted octanol–water partition coefficient (Wildman–Crippen LogP) is 5.00. The SMILES string of the molecule is Cc1cccc(C(C)C)c1NC(=O)c1cc(N2CCCC(C)C2)ccn1. The maximum atomic E-state index is 12.8. The van der Waals surface area contributed by atoms with Crippen molar-refractivity contribution in [1.82, 2.24) is 4.98 Å². The van der Waals surface area contributed by atoms with E-state index in [1.165, 1.54) is 12.8 Å². The van der Waals surface area contributed by atoms with Crippen LogP contribution in [0.1, 0.15) is 61.1 Å². The summed E-state index contributed by atoms with van der Waals surface area (Å²) in [5, 5.41) is 3.10. The molecule has 1 aliphatic heterocycles. The van der Waals surface area contributed by atoms with Crippen LogP contribution in [0.4, 0.5) is 11.4 Å². The van der Waals surface area contributed by atoms with Gasteiger partial charge in [0.2, 0.25) is 0 Å². The van der Waals surface area contributed by atoms with E-state index in [0.29, 0.717) is 17.5 Å². The summed E-state index contributed by atoms with van der Waals surface area (Å²) in [7, 11) is 0. The lowest BCUT2D eigenvalue weighted by Crippen LogP contribution is -2.34. The second kappa shape index (κ2) is 7.90. The molecular weight excluding hydrogens is 322 g/mol. The number of hydrogen-bond acceptors (Lipinski definition) is 3. The highest BCUT2D eigenvalue weighted by Crippen LogP contribution is 2.28. The van der Waals surface area contributed by atoms with E-state index in [9.17, 15) is 4.79 Å². The van der Waals surface area contributed by atoms with Crippen molar-refractivity contribution in [1.29, 1.82) is 0 Å². The monoisotopic (exact) mass is 351 g/mol. The number of carbonyl (C=O) groups excluding carboxylic acids is 1. The first-order valence-electron chi connectivity index (χ1n) is 9.57. The molecule has 1 aromatic carbocycles. The Kier molecular flexibility index (Phi) is 5.60. The van der Waals surface area contributed by atoms with Crippen LogP contribution in [-0.2, 0) is 0 Å². The molecule has 4 nitrogen and oxygen atoms in total. The molecule has 3 rings (SSSR count). The lowest BCUT2D eigenvalue weighted by Gasteiger charge is -2.32. The van der Waals surface area contributed by atoms with E-state index < -0.39 is 0 Å². The molecule has 2 heterocycles. The van der Waals surface area contributed by atoms with E-state index in [0.717, 1.165) is 35.6 Å². The number of para-hydroxylation sites is 1. The van der Waals surface area contributed by atoms with Gasteiger partial charge in [0.05, 0.1) is 0 Å². The Hall–Kier alpha value is -2.36. The first-order valence-corrected chi connectivity index (χ1v) is 9.57. The fourth-order valence-corrected chi connectivity index (χ4v) is 3.68. The zero-order valence-electron chi connectivity index (χ0n) is 16.2. The Morgan fingerprint density at radius 2 is 2.12 bits per heavy atom. The van der Waals surface area contributed by atoms with E-state index in [-0.39, 0.29) is 5.91 Å². The van der Waals surface area contributed by atoms with Crippen LogP contribution in [0.25, 0.3) is 0 Å². The smallest absolute Gasteiger partial charge is 0.274 e. The van der Waals surface area contributed by atoms with Crippen molar-refractivity contribution in [3.8, 4) is 0 Å². The average molecular weight is 351 g/mol. The number of anilines is 2. The number of benzene rings is 1. The number of nitrogens with zero attached hydrogens (tertiary/aromatic N) is 2. The summed E-state index contributed by atoms with van der Waals surface area (Å²) in [5.74, 6) is 0.891. The summed E-state index contributed by atoms with van der Waals surface area (Å²) in [5.41, 5.74) is 4.69. The topological polar surface area (TPSA) is 45.2 Å². The quantitative estimate of drug-likeness (QED) is 0.843. The molecule has 0 bridgehead atoms. The largest absolute Gasteiger partial charge is 0.371 e. The van der Waals surface area contributed by atoms with Gasteiger partial charge in [-0.05, 0) is 54.9 Å². The number of pyridine rings is 1. The third-order valence-corrected chi connectivity index (χ3v) is 5.16. The minimum Gasteiger partial charge on any atom is -0.371 e. The Balaban J connectivity index is 1.82. The van der Waals surface area contributed by atoms with Crippen molar-refractivity contribution in [2.24, 2.45) is 5.92 Å². The molecule has 1 aromatic heterocycles. The van der Waals surface area contributed by atoms with Crippen molar-refractivity contribution in [2.45, 2.75) is 46.5 Å². The van der Waals surface area contributed by atoms with E-state index >= 15 is 0 Å². The Labute approximate surface area is 156 Å². The predicted molar refractivity (Wildman–Crippen MR) is 108 cm³/mol. The van der Waals surface area contributed by atoms with E-state index in [1.807, 2.05) is 31.2 Å². The number of piperidine rings is 1. The van der Waals surface area contributed by atoms with Gasteiger partial charge in [-0.3, -0.25) is 9.78 Å². The number of aromatic nitrogens is 1. The minimum absolute atomic E-state index is 0.145. The molecule has 4 heteroatoms. The normalized spacial score (nSPS) is 17.4. The van der Waals surface area contributed by atoms with Crippen molar-refractivity contribution < 1.29 is 4.79 Å². The molecule has 1 N–H and O–H groups in total. The summed E-state index contributed by atoms with van der Waals surface area (Å²) >= 11 is 0. The van der Waals surface area contributed by atoms with E-state index in [2.05, 4.69) is 42.0 Å². The number of aryl methyl sites for hydroxylation is 1. The second-order valence-electron chi connectivity index (χ2n) is 7.74. The van der Waals surface area contributed by atoms with Crippen LogP contribution >= 0.6 is 0 Å². The third kappa shape index (κ3) is 4.06. The van der Waals surface area contributed by atoms with Crippen LogP contribution in [0.3, 0.4) is 0 Å². The maximum absolute atomic E-state index is 12.8. The van der Waals surface area contributed by atoms with Gasteiger partial charge >= 0.3 is 0 Å². The summed E-state index contributed by atoms with van der Waals surface area (Å²) in [6.45, 7) is 10.7. The molecule has 0 saturated carbocycles. The first kappa shape index (κ1) is 18.4. The summed E-state index contributed by atoms with van der Waals surface area (Å²) in [6.07, 6.45) is 4.22. The molecule has 0 aliphatic carbocycles. The van der Waals surface area contributed by atoms with Crippen LogP contribution in [0, 0.1) is 12.8 Å². The average Bonchev–Trinajstić information content (AvgIpc) is 2.63. The van der Waals surface area contributed by atoms with Crippen LogP contribution in [0.2, 0.25) is 0 Å². The molecule has 26 heavy (non-hydrogen) atoms. The summed E-state index contributed by atoms with van der Waals surface area (Å²) in [4.78, 5) is 19.5. The Morgan fingerprint density at radius 3 is 2.85 bits per heavy atom. The molecule has 1 aliphatic rings. The number of rotatable bonds is 4. The van der Waals surface area contributed by atoms with Crippen molar-refractivity contribution in [3.05, 3.63) is 53.3 Å². The summed E-state index contributed by atoms with van der Waals surface area (Å²) in [6, 6.07) is 10.1. The van der Waals surface area contributed by atoms with Gasteiger partial charge in [-0.15, -0.1) is 0 Å². The van der Waals surface area contributed by atoms with Gasteiger partial charge < -0.3 is 10.2 Å². The van der Waals surface area contributed by atoms with E-state index in [4.69, 9.17) is 0 Å². The Bertz CT molecular complexity index is 785. The highest BCUT2D eigenvalue weighted by atomic mass is 16.1. The highest BCUT2D eigenvalue weighted by molar-refractivity contribution is 6.04. The third-order valence-electron chi connectivity index (χ3n) is 5.16. The van der Waals surface area contributed by atoms with Gasteiger partial charge in [0.15, 0.2) is 0 Å². The van der Waals surface area contributed by atoms with E-state index in [1.54, 1.807) is 6.20 Å². The zero-order valence-corrected chi connectivity index (χ0v) is 16.2. The minimum atomic E-state index is -0.145. The number of carbonyl (C=O) groups is 1. The zero-order chi connectivity index (χ0) is 18.7. The number of nitrogens with one attached hydrogen (secondary N) is 1. The van der Waals surface area contributed by atoms with Crippen LogP contribution in [-0.4, -0.2) is 24.0 Å². The molecule has 138 valence electrons. The van der Waals surface area contributed by atoms with Crippen LogP contribution in [0.5, 0.6) is 0 Å². The highest BCUT2D eigenvalue weighted by Gasteiger charge is 2.19. The Morgan fingerprint density at radius 1 is 1.31 bits per heavy atom. The molecule has 1 unspecified atom stereocenters. The molecule has 1 saturated heterocycles. The summed E-state index contributed by atoms with van der Waals surface area (Å²) < 4.78 is 0. The van der Waals surface area contributed by atoms with Gasteiger partial charge in [-0.25, -0.2) is 0 Å². The lowest BCUT2D eigenvalue weighted by molar-refractivity contribution is 0.102. The number of amides is 1. The first-order chi connectivity index (χ1) is 12.5. The fraction of sp³-hybridized carbons (Fsp3) is 0.455. The number of hydrogen-bond donors (Lipinski definition) is 1. The van der Waals surface area contributed by atoms with Gasteiger partial charge in [0.1, 0.15) is 5.69 Å². The molecule has 1 fully saturated rings.